The molecule has 0 saturated heterocycles. The van der Waals surface area contributed by atoms with Crippen LogP contribution in [-0.4, -0.2) is 36.6 Å². The molecule has 1 rings (SSSR count). The minimum Gasteiger partial charge on any atom is -0.459 e. The average molecular weight is 364 g/mol. The van der Waals surface area contributed by atoms with E-state index in [1.54, 1.807) is 6.07 Å². The van der Waals surface area contributed by atoms with Crippen LogP contribution in [0.1, 0.15) is 26.3 Å². The third-order valence-corrected chi connectivity index (χ3v) is 2.85. The van der Waals surface area contributed by atoms with Gasteiger partial charge in [-0.1, -0.05) is 18.7 Å². The van der Waals surface area contributed by atoms with Crippen molar-refractivity contribution in [2.45, 2.75) is 33.3 Å². The number of benzene rings is 1. The Morgan fingerprint density at radius 1 is 1.00 bits per heavy atom. The summed E-state index contributed by atoms with van der Waals surface area (Å²) in [4.78, 5) is 45.6. The van der Waals surface area contributed by atoms with Crippen LogP contribution in [0.2, 0.25) is 0 Å². The highest BCUT2D eigenvalue weighted by atomic mass is 16.6. The van der Waals surface area contributed by atoms with E-state index in [9.17, 15) is 19.2 Å². The van der Waals surface area contributed by atoms with Gasteiger partial charge >= 0.3 is 23.9 Å². The van der Waals surface area contributed by atoms with Gasteiger partial charge in [-0.15, -0.1) is 0 Å². The van der Waals surface area contributed by atoms with Crippen LogP contribution in [0.15, 0.2) is 30.9 Å². The van der Waals surface area contributed by atoms with Crippen molar-refractivity contribution >= 4 is 23.9 Å². The number of esters is 4. The largest absolute Gasteiger partial charge is 0.459 e. The smallest absolute Gasteiger partial charge is 0.348 e. The van der Waals surface area contributed by atoms with Crippen LogP contribution in [0.3, 0.4) is 0 Å². The lowest BCUT2D eigenvalue weighted by Crippen LogP contribution is -2.30. The standard InChI is InChI=1S/C18H20O8/c1-5-8-23-18(22)17(26-13(4)21)10-14-6-7-15(24-11(2)19)16(9-14)25-12(3)20/h5-7,9,17H,1,8,10H2,2-4H3. The fraction of sp³-hybridized carbons (Fsp3) is 0.333. The van der Waals surface area contributed by atoms with Gasteiger partial charge < -0.3 is 18.9 Å². The molecule has 0 aliphatic heterocycles. The summed E-state index contributed by atoms with van der Waals surface area (Å²) < 4.78 is 19.9. The summed E-state index contributed by atoms with van der Waals surface area (Å²) in [5.41, 5.74) is 0.499. The zero-order valence-corrected chi connectivity index (χ0v) is 14.8. The molecule has 140 valence electrons. The zero-order chi connectivity index (χ0) is 19.7. The fourth-order valence-electron chi connectivity index (χ4n) is 1.97. The van der Waals surface area contributed by atoms with Crippen molar-refractivity contribution in [1.29, 1.82) is 0 Å². The third kappa shape index (κ3) is 7.16. The van der Waals surface area contributed by atoms with Gasteiger partial charge in [-0.2, -0.15) is 0 Å². The van der Waals surface area contributed by atoms with Crippen molar-refractivity contribution in [3.05, 3.63) is 36.4 Å². The van der Waals surface area contributed by atoms with Gasteiger partial charge in [0.2, 0.25) is 6.10 Å². The number of carbonyl (C=O) groups excluding carboxylic acids is 4. The van der Waals surface area contributed by atoms with Gasteiger partial charge in [0.05, 0.1) is 0 Å². The Balaban J connectivity index is 3.07. The summed E-state index contributed by atoms with van der Waals surface area (Å²) in [5, 5.41) is 0. The van der Waals surface area contributed by atoms with E-state index in [0.29, 0.717) is 5.56 Å². The lowest BCUT2D eigenvalue weighted by Gasteiger charge is -2.16. The Morgan fingerprint density at radius 3 is 2.15 bits per heavy atom. The van der Waals surface area contributed by atoms with Crippen molar-refractivity contribution in [3.63, 3.8) is 0 Å². The van der Waals surface area contributed by atoms with Gasteiger partial charge in [-0.05, 0) is 17.7 Å². The van der Waals surface area contributed by atoms with Gasteiger partial charge in [0.1, 0.15) is 6.61 Å². The molecule has 1 aromatic carbocycles. The Bertz CT molecular complexity index is 707. The summed E-state index contributed by atoms with van der Waals surface area (Å²) in [5.74, 6) is -2.53. The van der Waals surface area contributed by atoms with Gasteiger partial charge in [0.15, 0.2) is 11.5 Å². The molecule has 8 heteroatoms. The molecule has 26 heavy (non-hydrogen) atoms. The van der Waals surface area contributed by atoms with Crippen LogP contribution in [-0.2, 0) is 35.1 Å². The Morgan fingerprint density at radius 2 is 1.62 bits per heavy atom. The third-order valence-electron chi connectivity index (χ3n) is 2.85. The average Bonchev–Trinajstić information content (AvgIpc) is 2.53. The van der Waals surface area contributed by atoms with Crippen molar-refractivity contribution < 1.29 is 38.1 Å². The first kappa shape index (κ1) is 20.9. The zero-order valence-electron chi connectivity index (χ0n) is 14.8. The molecule has 0 bridgehead atoms. The molecule has 8 nitrogen and oxygen atoms in total. The molecule has 0 heterocycles. The highest BCUT2D eigenvalue weighted by Gasteiger charge is 2.24. The fourth-order valence-corrected chi connectivity index (χ4v) is 1.97. The predicted molar refractivity (Wildman–Crippen MR) is 89.5 cm³/mol. The Hall–Kier alpha value is -3.16. The highest BCUT2D eigenvalue weighted by Crippen LogP contribution is 2.29. The molecule has 0 spiro atoms. The van der Waals surface area contributed by atoms with Crippen molar-refractivity contribution in [2.24, 2.45) is 0 Å². The molecule has 0 aliphatic carbocycles. The first-order valence-electron chi connectivity index (χ1n) is 7.67. The summed E-state index contributed by atoms with van der Waals surface area (Å²) in [7, 11) is 0. The molecule has 0 fully saturated rings. The first-order chi connectivity index (χ1) is 12.2. The number of carbonyl (C=O) groups is 4. The van der Waals surface area contributed by atoms with Crippen molar-refractivity contribution in [2.75, 3.05) is 6.61 Å². The summed E-state index contributed by atoms with van der Waals surface area (Å²) in [6, 6.07) is 4.37. The van der Waals surface area contributed by atoms with Gasteiger partial charge in [-0.25, -0.2) is 4.79 Å². The molecule has 1 aromatic rings. The Labute approximate surface area is 150 Å². The second-order valence-corrected chi connectivity index (χ2v) is 5.19. The number of hydrogen-bond acceptors (Lipinski definition) is 8. The normalized spacial score (nSPS) is 11.0. The maximum atomic E-state index is 12.0. The van der Waals surface area contributed by atoms with E-state index in [1.165, 1.54) is 39.0 Å². The van der Waals surface area contributed by atoms with Gasteiger partial charge in [0.25, 0.3) is 0 Å². The van der Waals surface area contributed by atoms with E-state index >= 15 is 0 Å². The minimum absolute atomic E-state index is 0.00577. The monoisotopic (exact) mass is 364 g/mol. The van der Waals surface area contributed by atoms with Crippen molar-refractivity contribution in [1.82, 2.24) is 0 Å². The molecule has 0 saturated carbocycles. The summed E-state index contributed by atoms with van der Waals surface area (Å²) in [6.07, 6.45) is 0.178. The number of ether oxygens (including phenoxy) is 4. The topological polar surface area (TPSA) is 105 Å². The first-order valence-corrected chi connectivity index (χ1v) is 7.67. The summed E-state index contributed by atoms with van der Waals surface area (Å²) in [6.45, 7) is 6.98. The second kappa shape index (κ2) is 9.97. The lowest BCUT2D eigenvalue weighted by molar-refractivity contribution is -0.165. The lowest BCUT2D eigenvalue weighted by atomic mass is 10.1. The van der Waals surface area contributed by atoms with E-state index in [0.717, 1.165) is 0 Å². The molecular weight excluding hydrogens is 344 g/mol. The minimum atomic E-state index is -1.18. The van der Waals surface area contributed by atoms with Crippen LogP contribution in [0.5, 0.6) is 11.5 Å². The quantitative estimate of drug-likeness (QED) is 0.390. The number of rotatable bonds is 8. The van der Waals surface area contributed by atoms with Gasteiger partial charge in [-0.3, -0.25) is 14.4 Å². The Kier molecular flexibility index (Phi) is 8.01. The molecular formula is C18H20O8. The summed E-state index contributed by atoms with van der Waals surface area (Å²) >= 11 is 0. The van der Waals surface area contributed by atoms with Crippen LogP contribution < -0.4 is 9.47 Å². The molecule has 0 amide bonds. The molecule has 0 aromatic heterocycles. The van der Waals surface area contributed by atoms with E-state index in [-0.39, 0.29) is 24.5 Å². The molecule has 1 atom stereocenters. The molecule has 0 N–H and O–H groups in total. The van der Waals surface area contributed by atoms with E-state index in [4.69, 9.17) is 18.9 Å². The van der Waals surface area contributed by atoms with Gasteiger partial charge in [0, 0.05) is 27.2 Å². The van der Waals surface area contributed by atoms with Crippen LogP contribution in [0, 0.1) is 0 Å². The maximum absolute atomic E-state index is 12.0. The molecule has 1 unspecified atom stereocenters. The maximum Gasteiger partial charge on any atom is 0.348 e. The van der Waals surface area contributed by atoms with Crippen LogP contribution >= 0.6 is 0 Å². The highest BCUT2D eigenvalue weighted by molar-refractivity contribution is 5.79. The van der Waals surface area contributed by atoms with E-state index in [1.807, 2.05) is 0 Å². The number of hydrogen-bond donors (Lipinski definition) is 0. The van der Waals surface area contributed by atoms with E-state index < -0.39 is 30.0 Å². The predicted octanol–water partition coefficient (Wildman–Crippen LogP) is 1.74. The second-order valence-electron chi connectivity index (χ2n) is 5.19. The molecule has 0 radical (unpaired) electrons. The van der Waals surface area contributed by atoms with Crippen molar-refractivity contribution in [3.8, 4) is 11.5 Å². The SMILES string of the molecule is C=CCOC(=O)C(Cc1ccc(OC(C)=O)c(OC(C)=O)c1)OC(C)=O. The van der Waals surface area contributed by atoms with Crippen LogP contribution in [0.25, 0.3) is 0 Å². The van der Waals surface area contributed by atoms with Crippen LogP contribution in [0.4, 0.5) is 0 Å². The molecule has 0 aliphatic rings. The van der Waals surface area contributed by atoms with E-state index in [2.05, 4.69) is 6.58 Å².